The number of para-hydroxylation sites is 2. The highest BCUT2D eigenvalue weighted by atomic mass is 16.2. The monoisotopic (exact) mass is 369 g/mol. The molecule has 3 heterocycles. The summed E-state index contributed by atoms with van der Waals surface area (Å²) >= 11 is 0. The lowest BCUT2D eigenvalue weighted by molar-refractivity contribution is -0.129. The minimum atomic E-state index is -0.268. The molecular weight excluding hydrogens is 342 g/mol. The van der Waals surface area contributed by atoms with E-state index in [1.807, 2.05) is 6.07 Å². The van der Waals surface area contributed by atoms with Crippen LogP contribution >= 0.6 is 0 Å². The van der Waals surface area contributed by atoms with Gasteiger partial charge in [-0.05, 0) is 45.4 Å². The second kappa shape index (κ2) is 7.31. The predicted octanol–water partition coefficient (Wildman–Crippen LogP) is 2.35. The summed E-state index contributed by atoms with van der Waals surface area (Å²) in [5, 5.41) is 2.69. The van der Waals surface area contributed by atoms with Gasteiger partial charge in [-0.1, -0.05) is 12.1 Å². The smallest absolute Gasteiger partial charge is 0.324 e. The predicted molar refractivity (Wildman–Crippen MR) is 104 cm³/mol. The van der Waals surface area contributed by atoms with Gasteiger partial charge in [0.05, 0.1) is 17.6 Å². The van der Waals surface area contributed by atoms with Crippen LogP contribution in [0.1, 0.15) is 44.5 Å². The van der Waals surface area contributed by atoms with Gasteiger partial charge in [0.1, 0.15) is 5.82 Å². The number of nitrogens with zero attached hydrogens (tertiary/aromatic N) is 4. The van der Waals surface area contributed by atoms with Crippen molar-refractivity contribution in [3.8, 4) is 0 Å². The molecule has 1 atom stereocenters. The van der Waals surface area contributed by atoms with Crippen LogP contribution in [0.3, 0.4) is 0 Å². The van der Waals surface area contributed by atoms with Gasteiger partial charge in [0.15, 0.2) is 0 Å². The van der Waals surface area contributed by atoms with Crippen molar-refractivity contribution < 1.29 is 9.59 Å². The van der Waals surface area contributed by atoms with Crippen molar-refractivity contribution in [3.05, 3.63) is 30.1 Å². The van der Waals surface area contributed by atoms with Gasteiger partial charge in [-0.2, -0.15) is 0 Å². The fraction of sp³-hybridized carbons (Fsp3) is 0.550. The number of imidazole rings is 1. The average molecular weight is 369 g/mol. The quantitative estimate of drug-likeness (QED) is 0.898. The van der Waals surface area contributed by atoms with Gasteiger partial charge in [-0.3, -0.25) is 14.6 Å². The van der Waals surface area contributed by atoms with Crippen LogP contribution in [0.2, 0.25) is 0 Å². The van der Waals surface area contributed by atoms with Gasteiger partial charge in [-0.15, -0.1) is 0 Å². The normalized spacial score (nSPS) is 21.2. The van der Waals surface area contributed by atoms with Gasteiger partial charge in [0, 0.05) is 31.6 Å². The highest BCUT2D eigenvalue weighted by Crippen LogP contribution is 2.31. The van der Waals surface area contributed by atoms with Crippen LogP contribution in [0.15, 0.2) is 24.3 Å². The lowest BCUT2D eigenvalue weighted by atomic mass is 9.96. The van der Waals surface area contributed by atoms with Crippen molar-refractivity contribution in [1.82, 2.24) is 24.7 Å². The fourth-order valence-corrected chi connectivity index (χ4v) is 4.29. The van der Waals surface area contributed by atoms with Crippen LogP contribution < -0.4 is 5.32 Å². The number of rotatable bonds is 4. The molecule has 7 nitrogen and oxygen atoms in total. The Hall–Kier alpha value is -2.41. The lowest BCUT2D eigenvalue weighted by Gasteiger charge is -2.33. The third-order valence-electron chi connectivity index (χ3n) is 5.53. The number of carbonyl (C=O) groups is 2. The van der Waals surface area contributed by atoms with Crippen LogP contribution in [0.5, 0.6) is 0 Å². The summed E-state index contributed by atoms with van der Waals surface area (Å²) in [7, 11) is 0. The van der Waals surface area contributed by atoms with E-state index in [4.69, 9.17) is 4.98 Å². The molecule has 0 aliphatic carbocycles. The van der Waals surface area contributed by atoms with Crippen molar-refractivity contribution in [2.24, 2.45) is 0 Å². The molecule has 1 aromatic carbocycles. The first-order chi connectivity index (χ1) is 13.0. The van der Waals surface area contributed by atoms with Gasteiger partial charge in [-0.25, -0.2) is 9.78 Å². The van der Waals surface area contributed by atoms with E-state index in [9.17, 15) is 9.59 Å². The molecule has 2 aliphatic rings. The van der Waals surface area contributed by atoms with Crippen LogP contribution in [-0.4, -0.2) is 64.0 Å². The zero-order chi connectivity index (χ0) is 19.0. The Bertz CT molecular complexity index is 859. The molecule has 7 heteroatoms. The molecule has 4 rings (SSSR count). The molecule has 2 saturated heterocycles. The van der Waals surface area contributed by atoms with E-state index in [1.54, 1.807) is 0 Å². The molecule has 2 aliphatic heterocycles. The maximum absolute atomic E-state index is 12.5. The molecule has 27 heavy (non-hydrogen) atoms. The highest BCUT2D eigenvalue weighted by Gasteiger charge is 2.31. The Labute approximate surface area is 159 Å². The number of piperidine rings is 1. The summed E-state index contributed by atoms with van der Waals surface area (Å²) < 4.78 is 2.33. The summed E-state index contributed by atoms with van der Waals surface area (Å²) in [5.74, 6) is 1.30. The number of likely N-dealkylation sites (tertiary alicyclic amines) is 1. The molecule has 1 aromatic heterocycles. The summed E-state index contributed by atoms with van der Waals surface area (Å²) in [6.07, 6.45) is 2.11. The van der Waals surface area contributed by atoms with Crippen molar-refractivity contribution in [1.29, 1.82) is 0 Å². The van der Waals surface area contributed by atoms with Crippen molar-refractivity contribution in [2.45, 2.75) is 38.6 Å². The number of carbonyl (C=O) groups excluding carboxylic acids is 2. The SMILES string of the molecule is CC(C)n1c([C@H]2CCCN(CC(=O)N3CCNC3=O)C2)nc2ccccc21. The van der Waals surface area contributed by atoms with E-state index in [0.717, 1.165) is 37.3 Å². The molecular formula is C20H27N5O2. The summed E-state index contributed by atoms with van der Waals surface area (Å²) in [6.45, 7) is 7.38. The summed E-state index contributed by atoms with van der Waals surface area (Å²) in [5.41, 5.74) is 2.20. The maximum atomic E-state index is 12.5. The van der Waals surface area contributed by atoms with Gasteiger partial charge >= 0.3 is 6.03 Å². The second-order valence-corrected chi connectivity index (χ2v) is 7.77. The third kappa shape index (κ3) is 3.43. The highest BCUT2D eigenvalue weighted by molar-refractivity contribution is 5.96. The Balaban J connectivity index is 1.53. The third-order valence-corrected chi connectivity index (χ3v) is 5.53. The van der Waals surface area contributed by atoms with E-state index in [-0.39, 0.29) is 11.9 Å². The largest absolute Gasteiger partial charge is 0.336 e. The van der Waals surface area contributed by atoms with Crippen LogP contribution in [0.4, 0.5) is 4.79 Å². The fourth-order valence-electron chi connectivity index (χ4n) is 4.29. The number of imide groups is 1. The number of hydrogen-bond donors (Lipinski definition) is 1. The first-order valence-corrected chi connectivity index (χ1v) is 9.82. The number of fused-ring (bicyclic) bond motifs is 1. The van der Waals surface area contributed by atoms with E-state index < -0.39 is 0 Å². The molecule has 2 aromatic rings. The van der Waals surface area contributed by atoms with Crippen molar-refractivity contribution >= 4 is 23.0 Å². The standard InChI is InChI=1S/C20H27N5O2/c1-14(2)25-17-8-4-3-7-16(17)22-19(25)15-6-5-10-23(12-15)13-18(26)24-11-9-21-20(24)27/h3-4,7-8,14-15H,5-6,9-13H2,1-2H3,(H,21,27)/t15-/m0/s1. The Morgan fingerprint density at radius 2 is 2.11 bits per heavy atom. The van der Waals surface area contributed by atoms with Crippen molar-refractivity contribution in [3.63, 3.8) is 0 Å². The second-order valence-electron chi connectivity index (χ2n) is 7.77. The van der Waals surface area contributed by atoms with Crippen LogP contribution in [0.25, 0.3) is 11.0 Å². The molecule has 0 bridgehead atoms. The number of urea groups is 1. The Morgan fingerprint density at radius 3 is 2.85 bits per heavy atom. The molecule has 1 N–H and O–H groups in total. The average Bonchev–Trinajstić information content (AvgIpc) is 3.25. The zero-order valence-electron chi connectivity index (χ0n) is 16.0. The van der Waals surface area contributed by atoms with E-state index in [0.29, 0.717) is 31.6 Å². The first-order valence-electron chi connectivity index (χ1n) is 9.82. The molecule has 2 fully saturated rings. The maximum Gasteiger partial charge on any atom is 0.324 e. The minimum absolute atomic E-state index is 0.108. The van der Waals surface area contributed by atoms with Crippen LogP contribution in [0, 0.1) is 0 Å². The Morgan fingerprint density at radius 1 is 1.30 bits per heavy atom. The summed E-state index contributed by atoms with van der Waals surface area (Å²) in [6, 6.07) is 8.33. The molecule has 3 amide bonds. The number of amides is 3. The van der Waals surface area contributed by atoms with Crippen LogP contribution in [-0.2, 0) is 4.79 Å². The molecule has 0 radical (unpaired) electrons. The number of benzene rings is 1. The summed E-state index contributed by atoms with van der Waals surface area (Å²) in [4.78, 5) is 32.6. The van der Waals surface area contributed by atoms with Gasteiger partial charge < -0.3 is 9.88 Å². The molecule has 0 unspecified atom stereocenters. The van der Waals surface area contributed by atoms with Gasteiger partial charge in [0.2, 0.25) is 5.91 Å². The molecule has 0 spiro atoms. The first kappa shape index (κ1) is 18.0. The van der Waals surface area contributed by atoms with Gasteiger partial charge in [0.25, 0.3) is 0 Å². The number of aromatic nitrogens is 2. The van der Waals surface area contributed by atoms with E-state index in [1.165, 1.54) is 10.4 Å². The minimum Gasteiger partial charge on any atom is -0.336 e. The van der Waals surface area contributed by atoms with E-state index in [2.05, 4.69) is 46.8 Å². The lowest BCUT2D eigenvalue weighted by Crippen LogP contribution is -2.45. The Kier molecular flexibility index (Phi) is 4.86. The number of hydrogen-bond acceptors (Lipinski definition) is 4. The van der Waals surface area contributed by atoms with Crippen molar-refractivity contribution in [2.75, 3.05) is 32.7 Å². The topological polar surface area (TPSA) is 70.5 Å². The zero-order valence-corrected chi connectivity index (χ0v) is 16.0. The van der Waals surface area contributed by atoms with E-state index >= 15 is 0 Å². The number of nitrogens with one attached hydrogen (secondary N) is 1. The molecule has 0 saturated carbocycles. The molecule has 144 valence electrons.